The molecule has 0 radical (unpaired) electrons. The number of aromatic nitrogens is 1. The molecule has 1 aliphatic heterocycles. The Hall–Kier alpha value is -0.970. The predicted molar refractivity (Wildman–Crippen MR) is 72.5 cm³/mol. The second kappa shape index (κ2) is 4.72. The fourth-order valence-electron chi connectivity index (χ4n) is 2.31. The fourth-order valence-corrected chi connectivity index (χ4v) is 3.12. The molecule has 2 heterocycles. The maximum Gasteiger partial charge on any atom is 0.0907 e. The SMILES string of the molecule is Cc1nc2cc(CN3CCNCC3)ccc2s1. The smallest absolute Gasteiger partial charge is 0.0907 e. The molecular weight excluding hydrogens is 230 g/mol. The summed E-state index contributed by atoms with van der Waals surface area (Å²) in [6.45, 7) is 7.63. The summed E-state index contributed by atoms with van der Waals surface area (Å²) in [5, 5.41) is 4.53. The average molecular weight is 247 g/mol. The Kier molecular flexibility index (Phi) is 3.09. The summed E-state index contributed by atoms with van der Waals surface area (Å²) in [5.41, 5.74) is 2.53. The number of rotatable bonds is 2. The van der Waals surface area contributed by atoms with Gasteiger partial charge >= 0.3 is 0 Å². The molecule has 0 spiro atoms. The maximum absolute atomic E-state index is 4.55. The van der Waals surface area contributed by atoms with Crippen LogP contribution >= 0.6 is 11.3 Å². The van der Waals surface area contributed by atoms with Crippen LogP contribution in [0.15, 0.2) is 18.2 Å². The third-order valence-corrected chi connectivity index (χ3v) is 4.13. The Labute approximate surface area is 105 Å². The van der Waals surface area contributed by atoms with Crippen molar-refractivity contribution >= 4 is 21.6 Å². The van der Waals surface area contributed by atoms with Gasteiger partial charge in [0.25, 0.3) is 0 Å². The minimum Gasteiger partial charge on any atom is -0.314 e. The molecule has 90 valence electrons. The molecule has 1 aliphatic rings. The number of hydrogen-bond acceptors (Lipinski definition) is 4. The van der Waals surface area contributed by atoms with Gasteiger partial charge in [-0.2, -0.15) is 0 Å². The zero-order valence-corrected chi connectivity index (χ0v) is 10.9. The van der Waals surface area contributed by atoms with E-state index in [1.807, 2.05) is 0 Å². The fraction of sp³-hybridized carbons (Fsp3) is 0.462. The van der Waals surface area contributed by atoms with E-state index in [1.165, 1.54) is 10.3 Å². The van der Waals surface area contributed by atoms with E-state index >= 15 is 0 Å². The number of hydrogen-bond donors (Lipinski definition) is 1. The number of aryl methyl sites for hydroxylation is 1. The van der Waals surface area contributed by atoms with Gasteiger partial charge in [0.05, 0.1) is 15.2 Å². The number of nitrogens with zero attached hydrogens (tertiary/aromatic N) is 2. The van der Waals surface area contributed by atoms with Gasteiger partial charge in [0, 0.05) is 32.7 Å². The van der Waals surface area contributed by atoms with Crippen molar-refractivity contribution < 1.29 is 0 Å². The Bertz CT molecular complexity index is 514. The van der Waals surface area contributed by atoms with Crippen LogP contribution in [0.3, 0.4) is 0 Å². The first-order valence-corrected chi connectivity index (χ1v) is 6.92. The van der Waals surface area contributed by atoms with Gasteiger partial charge in [-0.15, -0.1) is 11.3 Å². The number of thiazole rings is 1. The molecule has 0 aliphatic carbocycles. The van der Waals surface area contributed by atoms with Crippen LogP contribution in [-0.2, 0) is 6.54 Å². The lowest BCUT2D eigenvalue weighted by Gasteiger charge is -2.27. The standard InChI is InChI=1S/C13H17N3S/c1-10-15-12-8-11(2-3-13(12)17-10)9-16-6-4-14-5-7-16/h2-3,8,14H,4-7,9H2,1H3. The van der Waals surface area contributed by atoms with Gasteiger partial charge in [0.15, 0.2) is 0 Å². The van der Waals surface area contributed by atoms with E-state index in [1.54, 1.807) is 11.3 Å². The normalized spacial score (nSPS) is 17.7. The predicted octanol–water partition coefficient (Wildman–Crippen LogP) is 2.01. The highest BCUT2D eigenvalue weighted by Crippen LogP contribution is 2.22. The third kappa shape index (κ3) is 2.49. The van der Waals surface area contributed by atoms with Crippen LogP contribution in [0.2, 0.25) is 0 Å². The Morgan fingerprint density at radius 1 is 1.35 bits per heavy atom. The molecule has 3 rings (SSSR count). The minimum absolute atomic E-state index is 1.05. The van der Waals surface area contributed by atoms with Crippen molar-refractivity contribution in [3.05, 3.63) is 28.8 Å². The number of piperazine rings is 1. The van der Waals surface area contributed by atoms with Crippen molar-refractivity contribution in [2.24, 2.45) is 0 Å². The summed E-state index contributed by atoms with van der Waals surface area (Å²) in [6.07, 6.45) is 0. The molecule has 4 heteroatoms. The monoisotopic (exact) mass is 247 g/mol. The zero-order valence-electron chi connectivity index (χ0n) is 10.1. The number of nitrogens with one attached hydrogen (secondary N) is 1. The molecular formula is C13H17N3S. The minimum atomic E-state index is 1.05. The van der Waals surface area contributed by atoms with Crippen molar-refractivity contribution in [1.82, 2.24) is 15.2 Å². The highest BCUT2D eigenvalue weighted by atomic mass is 32.1. The summed E-state index contributed by atoms with van der Waals surface area (Å²) in [7, 11) is 0. The van der Waals surface area contributed by atoms with E-state index in [0.29, 0.717) is 0 Å². The zero-order chi connectivity index (χ0) is 11.7. The van der Waals surface area contributed by atoms with Crippen LogP contribution in [-0.4, -0.2) is 36.1 Å². The van der Waals surface area contributed by atoms with E-state index in [4.69, 9.17) is 0 Å². The van der Waals surface area contributed by atoms with Gasteiger partial charge < -0.3 is 5.32 Å². The highest BCUT2D eigenvalue weighted by molar-refractivity contribution is 7.18. The van der Waals surface area contributed by atoms with Crippen molar-refractivity contribution in [2.45, 2.75) is 13.5 Å². The molecule has 0 atom stereocenters. The Morgan fingerprint density at radius 2 is 2.18 bits per heavy atom. The van der Waals surface area contributed by atoms with E-state index in [9.17, 15) is 0 Å². The van der Waals surface area contributed by atoms with Gasteiger partial charge in [0.2, 0.25) is 0 Å². The van der Waals surface area contributed by atoms with Crippen LogP contribution < -0.4 is 5.32 Å². The summed E-state index contributed by atoms with van der Waals surface area (Å²) >= 11 is 1.77. The van der Waals surface area contributed by atoms with Crippen LogP contribution in [0, 0.1) is 6.92 Å². The van der Waals surface area contributed by atoms with E-state index in [2.05, 4.69) is 40.3 Å². The molecule has 1 fully saturated rings. The Balaban J connectivity index is 1.79. The first-order valence-electron chi connectivity index (χ1n) is 6.10. The molecule has 1 aromatic heterocycles. The maximum atomic E-state index is 4.55. The second-order valence-electron chi connectivity index (χ2n) is 4.56. The molecule has 0 bridgehead atoms. The molecule has 2 aromatic rings. The molecule has 0 saturated carbocycles. The summed E-state index contributed by atoms with van der Waals surface area (Å²) in [4.78, 5) is 7.05. The number of fused-ring (bicyclic) bond motifs is 1. The molecule has 17 heavy (non-hydrogen) atoms. The highest BCUT2D eigenvalue weighted by Gasteiger charge is 2.10. The quantitative estimate of drug-likeness (QED) is 0.880. The van der Waals surface area contributed by atoms with Crippen LogP contribution in [0.5, 0.6) is 0 Å². The van der Waals surface area contributed by atoms with Crippen LogP contribution in [0.25, 0.3) is 10.2 Å². The number of benzene rings is 1. The van der Waals surface area contributed by atoms with Gasteiger partial charge in [-0.1, -0.05) is 6.07 Å². The van der Waals surface area contributed by atoms with Crippen LogP contribution in [0.4, 0.5) is 0 Å². The van der Waals surface area contributed by atoms with Gasteiger partial charge in [-0.05, 0) is 24.6 Å². The van der Waals surface area contributed by atoms with Crippen molar-refractivity contribution in [2.75, 3.05) is 26.2 Å². The summed E-state index contributed by atoms with van der Waals surface area (Å²) in [5.74, 6) is 0. The van der Waals surface area contributed by atoms with Crippen molar-refractivity contribution in [3.8, 4) is 0 Å². The molecule has 3 nitrogen and oxygen atoms in total. The third-order valence-electron chi connectivity index (χ3n) is 3.17. The summed E-state index contributed by atoms with van der Waals surface area (Å²) in [6, 6.07) is 6.68. The average Bonchev–Trinajstić information content (AvgIpc) is 2.70. The Morgan fingerprint density at radius 3 is 3.00 bits per heavy atom. The molecule has 1 aromatic carbocycles. The van der Waals surface area contributed by atoms with Crippen molar-refractivity contribution in [3.63, 3.8) is 0 Å². The first kappa shape index (κ1) is 11.1. The van der Waals surface area contributed by atoms with Gasteiger partial charge in [-0.3, -0.25) is 4.90 Å². The largest absolute Gasteiger partial charge is 0.314 e. The van der Waals surface area contributed by atoms with Crippen LogP contribution in [0.1, 0.15) is 10.6 Å². The lowest BCUT2D eigenvalue weighted by Crippen LogP contribution is -2.42. The summed E-state index contributed by atoms with van der Waals surface area (Å²) < 4.78 is 1.30. The molecule has 0 unspecified atom stereocenters. The lowest BCUT2D eigenvalue weighted by atomic mass is 10.2. The van der Waals surface area contributed by atoms with E-state index in [-0.39, 0.29) is 0 Å². The van der Waals surface area contributed by atoms with Crippen molar-refractivity contribution in [1.29, 1.82) is 0 Å². The second-order valence-corrected chi connectivity index (χ2v) is 5.80. The van der Waals surface area contributed by atoms with Gasteiger partial charge in [-0.25, -0.2) is 4.98 Å². The lowest BCUT2D eigenvalue weighted by molar-refractivity contribution is 0.233. The first-order chi connectivity index (χ1) is 8.31. The molecule has 1 N–H and O–H groups in total. The van der Waals surface area contributed by atoms with Gasteiger partial charge in [0.1, 0.15) is 0 Å². The molecule has 1 saturated heterocycles. The van der Waals surface area contributed by atoms with E-state index in [0.717, 1.165) is 43.2 Å². The topological polar surface area (TPSA) is 28.2 Å². The molecule has 0 amide bonds. The van der Waals surface area contributed by atoms with E-state index < -0.39 is 0 Å².